The molecule has 0 fully saturated rings. The second-order valence-corrected chi connectivity index (χ2v) is 9.65. The summed E-state index contributed by atoms with van der Waals surface area (Å²) in [6.07, 6.45) is 9.40. The molecule has 3 aromatic rings. The number of unbranched alkanes of at least 4 members (excludes halogenated alkanes) is 4. The van der Waals surface area contributed by atoms with Gasteiger partial charge in [0.1, 0.15) is 0 Å². The Morgan fingerprint density at radius 3 is 2.37 bits per heavy atom. The van der Waals surface area contributed by atoms with Crippen molar-refractivity contribution in [1.82, 2.24) is 25.0 Å². The Hall–Kier alpha value is -2.73. The Balaban J connectivity index is 1.80. The molecule has 1 amide bonds. The van der Waals surface area contributed by atoms with Crippen molar-refractivity contribution in [2.75, 3.05) is 19.6 Å². The van der Waals surface area contributed by atoms with Gasteiger partial charge >= 0.3 is 0 Å². The Labute approximate surface area is 211 Å². The van der Waals surface area contributed by atoms with Crippen LogP contribution in [0, 0.1) is 6.92 Å². The average molecular weight is 478 g/mol. The van der Waals surface area contributed by atoms with Crippen LogP contribution in [-0.4, -0.2) is 51.2 Å². The van der Waals surface area contributed by atoms with Crippen LogP contribution in [0.4, 0.5) is 0 Å². The molecule has 0 bridgehead atoms. The lowest BCUT2D eigenvalue weighted by Crippen LogP contribution is -2.42. The van der Waals surface area contributed by atoms with Crippen molar-refractivity contribution in [3.05, 3.63) is 47.8 Å². The van der Waals surface area contributed by atoms with Crippen LogP contribution in [0.15, 0.2) is 36.5 Å². The van der Waals surface area contributed by atoms with Crippen molar-refractivity contribution in [2.24, 2.45) is 0 Å². The lowest BCUT2D eigenvalue weighted by molar-refractivity contribution is 0.0930. The third kappa shape index (κ3) is 7.38. The minimum Gasteiger partial charge on any atom is -0.348 e. The van der Waals surface area contributed by atoms with E-state index in [1.807, 2.05) is 48.1 Å². The van der Waals surface area contributed by atoms with Crippen molar-refractivity contribution < 1.29 is 4.79 Å². The van der Waals surface area contributed by atoms with Crippen LogP contribution in [-0.2, 0) is 6.54 Å². The predicted molar refractivity (Wildman–Crippen MR) is 146 cm³/mol. The van der Waals surface area contributed by atoms with E-state index in [9.17, 15) is 4.79 Å². The lowest BCUT2D eigenvalue weighted by Gasteiger charge is -2.26. The third-order valence-corrected chi connectivity index (χ3v) is 6.57. The van der Waals surface area contributed by atoms with Gasteiger partial charge in [-0.3, -0.25) is 9.48 Å². The van der Waals surface area contributed by atoms with Gasteiger partial charge < -0.3 is 10.2 Å². The predicted octanol–water partition coefficient (Wildman–Crippen LogP) is 6.23. The summed E-state index contributed by atoms with van der Waals surface area (Å²) in [6.45, 7) is 14.5. The fourth-order valence-electron chi connectivity index (χ4n) is 4.63. The zero-order valence-electron chi connectivity index (χ0n) is 22.3. The number of hydrogen-bond donors (Lipinski definition) is 1. The number of pyridine rings is 1. The summed E-state index contributed by atoms with van der Waals surface area (Å²) in [5, 5.41) is 8.73. The smallest absolute Gasteiger partial charge is 0.252 e. The van der Waals surface area contributed by atoms with Crippen molar-refractivity contribution in [3.8, 4) is 11.3 Å². The quantitative estimate of drug-likeness (QED) is 0.280. The Morgan fingerprint density at radius 1 is 1.06 bits per heavy atom. The molecule has 6 nitrogen and oxygen atoms in total. The molecule has 0 saturated heterocycles. The van der Waals surface area contributed by atoms with Crippen LogP contribution >= 0.6 is 0 Å². The zero-order valence-corrected chi connectivity index (χ0v) is 22.3. The first-order valence-corrected chi connectivity index (χ1v) is 13.4. The number of para-hydroxylation sites is 1. The van der Waals surface area contributed by atoms with Gasteiger partial charge in [0.2, 0.25) is 0 Å². The van der Waals surface area contributed by atoms with Crippen LogP contribution in [0.2, 0.25) is 0 Å². The molecule has 6 heteroatoms. The van der Waals surface area contributed by atoms with Gasteiger partial charge in [0.15, 0.2) is 0 Å². The van der Waals surface area contributed by atoms with E-state index < -0.39 is 0 Å². The number of fused-ring (bicyclic) bond motifs is 1. The maximum absolute atomic E-state index is 13.5. The number of nitrogens with one attached hydrogen (secondary N) is 1. The highest BCUT2D eigenvalue weighted by molar-refractivity contribution is 6.07. The standard InChI is InChI=1S/C29H43N5O/c1-6-9-13-17-33(18-14-10-7-2)20-22(4)30-29(35)25-19-28(26-21-34(8-3)32-23(26)5)31-27-16-12-11-15-24(25)27/h11-12,15-16,19,21-22H,6-10,13-14,17-18,20H2,1-5H3,(H,30,35). The van der Waals surface area contributed by atoms with Crippen molar-refractivity contribution >= 4 is 16.8 Å². The summed E-state index contributed by atoms with van der Waals surface area (Å²) < 4.78 is 1.91. The first kappa shape index (κ1) is 26.9. The van der Waals surface area contributed by atoms with Gasteiger partial charge in [0.05, 0.1) is 22.5 Å². The van der Waals surface area contributed by atoms with Crippen molar-refractivity contribution in [3.63, 3.8) is 0 Å². The molecular weight excluding hydrogens is 434 g/mol. The van der Waals surface area contributed by atoms with E-state index in [4.69, 9.17) is 4.98 Å². The molecule has 0 aliphatic rings. The average Bonchev–Trinajstić information content (AvgIpc) is 3.24. The van der Waals surface area contributed by atoms with E-state index >= 15 is 0 Å². The fourth-order valence-corrected chi connectivity index (χ4v) is 4.63. The minimum absolute atomic E-state index is 0.0417. The molecule has 0 saturated carbocycles. The molecule has 3 rings (SSSR count). The summed E-state index contributed by atoms with van der Waals surface area (Å²) >= 11 is 0. The number of nitrogens with zero attached hydrogens (tertiary/aromatic N) is 4. The van der Waals surface area contributed by atoms with E-state index in [0.29, 0.717) is 5.56 Å². The number of rotatable bonds is 14. The van der Waals surface area contributed by atoms with Crippen molar-refractivity contribution in [2.45, 2.75) is 85.7 Å². The minimum atomic E-state index is -0.0417. The van der Waals surface area contributed by atoms with Crippen LogP contribution in [0.25, 0.3) is 22.2 Å². The molecule has 2 heterocycles. The number of carbonyl (C=O) groups excluding carboxylic acids is 1. The molecule has 1 atom stereocenters. The highest BCUT2D eigenvalue weighted by Crippen LogP contribution is 2.27. The molecule has 190 valence electrons. The second-order valence-electron chi connectivity index (χ2n) is 9.65. The van der Waals surface area contributed by atoms with Gasteiger partial charge in [0.25, 0.3) is 5.91 Å². The number of hydrogen-bond acceptors (Lipinski definition) is 4. The summed E-state index contributed by atoms with van der Waals surface area (Å²) in [6, 6.07) is 9.88. The first-order chi connectivity index (χ1) is 17.0. The lowest BCUT2D eigenvalue weighted by atomic mass is 10.0. The van der Waals surface area contributed by atoms with E-state index in [-0.39, 0.29) is 11.9 Å². The topological polar surface area (TPSA) is 63.1 Å². The molecule has 0 radical (unpaired) electrons. The molecule has 0 aliphatic heterocycles. The number of carbonyl (C=O) groups is 1. The van der Waals surface area contributed by atoms with Crippen LogP contribution in [0.3, 0.4) is 0 Å². The Bertz CT molecular complexity index is 1080. The molecular formula is C29H43N5O. The van der Waals surface area contributed by atoms with Gasteiger partial charge in [-0.1, -0.05) is 57.7 Å². The molecule has 35 heavy (non-hydrogen) atoms. The van der Waals surface area contributed by atoms with Crippen LogP contribution < -0.4 is 5.32 Å². The van der Waals surface area contributed by atoms with E-state index in [1.165, 1.54) is 38.5 Å². The summed E-state index contributed by atoms with van der Waals surface area (Å²) in [5.74, 6) is -0.0417. The molecule has 1 unspecified atom stereocenters. The highest BCUT2D eigenvalue weighted by Gasteiger charge is 2.19. The van der Waals surface area contributed by atoms with Crippen molar-refractivity contribution in [1.29, 1.82) is 0 Å². The van der Waals surface area contributed by atoms with E-state index in [2.05, 4.69) is 43.0 Å². The third-order valence-electron chi connectivity index (χ3n) is 6.57. The molecule has 1 aromatic carbocycles. The second kappa shape index (κ2) is 13.4. The maximum atomic E-state index is 13.5. The zero-order chi connectivity index (χ0) is 25.2. The largest absolute Gasteiger partial charge is 0.348 e. The molecule has 2 aromatic heterocycles. The number of aromatic nitrogens is 3. The van der Waals surface area contributed by atoms with Gasteiger partial charge in [-0.15, -0.1) is 0 Å². The summed E-state index contributed by atoms with van der Waals surface area (Å²) in [4.78, 5) is 20.9. The summed E-state index contributed by atoms with van der Waals surface area (Å²) in [7, 11) is 0. The monoisotopic (exact) mass is 477 g/mol. The van der Waals surface area contributed by atoms with E-state index in [0.717, 1.165) is 54.0 Å². The van der Waals surface area contributed by atoms with Crippen LogP contribution in [0.5, 0.6) is 0 Å². The SMILES string of the molecule is CCCCCN(CCCCC)CC(C)NC(=O)c1cc(-c2cn(CC)nc2C)nc2ccccc12. The Morgan fingerprint density at radius 2 is 1.74 bits per heavy atom. The van der Waals surface area contributed by atoms with Gasteiger partial charge in [0, 0.05) is 36.3 Å². The maximum Gasteiger partial charge on any atom is 0.252 e. The number of aryl methyl sites for hydroxylation is 2. The molecule has 0 aliphatic carbocycles. The first-order valence-electron chi connectivity index (χ1n) is 13.4. The fraction of sp³-hybridized carbons (Fsp3) is 0.552. The number of benzene rings is 1. The highest BCUT2D eigenvalue weighted by atomic mass is 16.1. The van der Waals surface area contributed by atoms with Gasteiger partial charge in [-0.25, -0.2) is 4.98 Å². The van der Waals surface area contributed by atoms with E-state index in [1.54, 1.807) is 0 Å². The Kier molecular flexibility index (Phi) is 10.3. The normalized spacial score (nSPS) is 12.4. The van der Waals surface area contributed by atoms with Gasteiger partial charge in [-0.05, 0) is 58.8 Å². The molecule has 0 spiro atoms. The molecule has 1 N–H and O–H groups in total. The number of amides is 1. The van der Waals surface area contributed by atoms with Crippen LogP contribution in [0.1, 0.15) is 82.3 Å². The summed E-state index contributed by atoms with van der Waals surface area (Å²) in [5.41, 5.74) is 4.18. The van der Waals surface area contributed by atoms with Gasteiger partial charge in [-0.2, -0.15) is 5.10 Å².